The Balaban J connectivity index is 1.67. The molecule has 0 bridgehead atoms. The number of likely N-dealkylation sites (N-methyl/N-ethyl adjacent to an activating group) is 1. The normalized spacial score (nSPS) is 15.7. The maximum atomic E-state index is 12.8. The topological polar surface area (TPSA) is 82.9 Å². The summed E-state index contributed by atoms with van der Waals surface area (Å²) in [5.41, 5.74) is 1.97. The Bertz CT molecular complexity index is 1170. The van der Waals surface area contributed by atoms with E-state index in [-0.39, 0.29) is 5.56 Å². The fraction of sp³-hybridized carbons (Fsp3) is 0.263. The summed E-state index contributed by atoms with van der Waals surface area (Å²) >= 11 is 0. The Labute approximate surface area is 155 Å². The summed E-state index contributed by atoms with van der Waals surface area (Å²) in [7, 11) is 2.13. The van der Waals surface area contributed by atoms with Gasteiger partial charge < -0.3 is 9.80 Å². The van der Waals surface area contributed by atoms with Gasteiger partial charge in [0.25, 0.3) is 5.56 Å². The van der Waals surface area contributed by atoms with Crippen LogP contribution in [0.5, 0.6) is 0 Å². The molecular formula is C19H19N7O. The molecule has 5 rings (SSSR count). The quantitative estimate of drug-likeness (QED) is 0.581. The molecule has 0 saturated carbocycles. The lowest BCUT2D eigenvalue weighted by molar-refractivity contribution is 0.312. The first-order valence-corrected chi connectivity index (χ1v) is 8.96. The van der Waals surface area contributed by atoms with Gasteiger partial charge in [-0.25, -0.2) is 14.6 Å². The highest BCUT2D eigenvalue weighted by molar-refractivity contribution is 6.00. The Morgan fingerprint density at radius 2 is 1.85 bits per heavy atom. The Morgan fingerprint density at radius 1 is 1.00 bits per heavy atom. The SMILES string of the molecule is CN1CCN(c2ccc3ncc4c(=O)n(-c5ccccn5)[nH]c4c3n2)CC1. The highest BCUT2D eigenvalue weighted by atomic mass is 16.1. The number of fused-ring (bicyclic) bond motifs is 3. The van der Waals surface area contributed by atoms with Crippen molar-refractivity contribution in [2.24, 2.45) is 0 Å². The van der Waals surface area contributed by atoms with E-state index in [9.17, 15) is 4.79 Å². The zero-order valence-corrected chi connectivity index (χ0v) is 15.0. The van der Waals surface area contributed by atoms with Gasteiger partial charge in [0.1, 0.15) is 11.3 Å². The monoisotopic (exact) mass is 361 g/mol. The van der Waals surface area contributed by atoms with E-state index in [1.54, 1.807) is 18.5 Å². The van der Waals surface area contributed by atoms with Crippen LogP contribution in [0.25, 0.3) is 27.8 Å². The number of pyridine rings is 3. The van der Waals surface area contributed by atoms with E-state index in [2.05, 4.69) is 31.9 Å². The van der Waals surface area contributed by atoms with Crippen LogP contribution in [-0.4, -0.2) is 62.9 Å². The first-order chi connectivity index (χ1) is 13.2. The zero-order valence-electron chi connectivity index (χ0n) is 15.0. The second kappa shape index (κ2) is 6.17. The van der Waals surface area contributed by atoms with Crippen molar-refractivity contribution in [1.29, 1.82) is 0 Å². The van der Waals surface area contributed by atoms with E-state index in [1.807, 2.05) is 24.3 Å². The number of piperazine rings is 1. The molecule has 1 N–H and O–H groups in total. The Hall–Kier alpha value is -3.26. The van der Waals surface area contributed by atoms with Crippen molar-refractivity contribution in [2.45, 2.75) is 0 Å². The van der Waals surface area contributed by atoms with E-state index in [0.29, 0.717) is 22.2 Å². The first kappa shape index (κ1) is 16.0. The van der Waals surface area contributed by atoms with Crippen LogP contribution < -0.4 is 10.5 Å². The number of hydrogen-bond acceptors (Lipinski definition) is 6. The maximum absolute atomic E-state index is 12.8. The molecule has 8 nitrogen and oxygen atoms in total. The molecule has 0 aliphatic carbocycles. The highest BCUT2D eigenvalue weighted by Gasteiger charge is 2.18. The van der Waals surface area contributed by atoms with Gasteiger partial charge in [-0.1, -0.05) is 6.07 Å². The van der Waals surface area contributed by atoms with E-state index in [1.165, 1.54) is 4.68 Å². The standard InChI is InChI=1S/C19H19N7O/c1-24-8-10-25(11-9-24)16-6-5-14-18(22-16)17-13(12-21-14)19(27)26(23-17)15-4-2-3-7-20-15/h2-7,12,23H,8-11H2,1H3. The second-order valence-electron chi connectivity index (χ2n) is 6.81. The molecule has 1 aliphatic rings. The van der Waals surface area contributed by atoms with Gasteiger partial charge in [-0.3, -0.25) is 14.9 Å². The van der Waals surface area contributed by atoms with Gasteiger partial charge in [0, 0.05) is 38.6 Å². The third kappa shape index (κ3) is 2.65. The summed E-state index contributed by atoms with van der Waals surface area (Å²) in [4.78, 5) is 30.9. The third-order valence-electron chi connectivity index (χ3n) is 5.06. The van der Waals surface area contributed by atoms with Crippen molar-refractivity contribution in [3.63, 3.8) is 0 Å². The molecule has 0 aromatic carbocycles. The highest BCUT2D eigenvalue weighted by Crippen LogP contribution is 2.23. The van der Waals surface area contributed by atoms with Crippen LogP contribution in [0.15, 0.2) is 47.5 Å². The molecule has 1 aliphatic heterocycles. The van der Waals surface area contributed by atoms with Crippen LogP contribution in [0.3, 0.4) is 0 Å². The fourth-order valence-electron chi connectivity index (χ4n) is 3.47. The summed E-state index contributed by atoms with van der Waals surface area (Å²) < 4.78 is 1.44. The summed E-state index contributed by atoms with van der Waals surface area (Å²) in [5, 5.41) is 3.68. The van der Waals surface area contributed by atoms with Crippen LogP contribution in [0, 0.1) is 0 Å². The molecule has 136 valence electrons. The summed E-state index contributed by atoms with van der Waals surface area (Å²) in [5.74, 6) is 1.46. The number of rotatable bonds is 2. The lowest BCUT2D eigenvalue weighted by atomic mass is 10.2. The van der Waals surface area contributed by atoms with Gasteiger partial charge in [0.2, 0.25) is 0 Å². The van der Waals surface area contributed by atoms with Crippen molar-refractivity contribution >= 4 is 27.8 Å². The van der Waals surface area contributed by atoms with E-state index in [4.69, 9.17) is 4.98 Å². The molecule has 4 aromatic heterocycles. The van der Waals surface area contributed by atoms with E-state index in [0.717, 1.165) is 37.5 Å². The minimum absolute atomic E-state index is 0.176. The minimum Gasteiger partial charge on any atom is -0.354 e. The lowest BCUT2D eigenvalue weighted by Gasteiger charge is -2.33. The van der Waals surface area contributed by atoms with Crippen molar-refractivity contribution < 1.29 is 0 Å². The van der Waals surface area contributed by atoms with Crippen LogP contribution in [0.1, 0.15) is 0 Å². The number of aromatic nitrogens is 5. The molecule has 0 spiro atoms. The number of anilines is 1. The molecule has 0 radical (unpaired) electrons. The van der Waals surface area contributed by atoms with Crippen LogP contribution in [0.2, 0.25) is 0 Å². The Morgan fingerprint density at radius 3 is 2.63 bits per heavy atom. The summed E-state index contributed by atoms with van der Waals surface area (Å²) in [6.45, 7) is 3.89. The predicted molar refractivity (Wildman–Crippen MR) is 104 cm³/mol. The largest absolute Gasteiger partial charge is 0.354 e. The maximum Gasteiger partial charge on any atom is 0.282 e. The Kier molecular flexibility index (Phi) is 3.64. The fourth-order valence-corrected chi connectivity index (χ4v) is 3.47. The average Bonchev–Trinajstić information content (AvgIpc) is 3.06. The van der Waals surface area contributed by atoms with Crippen molar-refractivity contribution in [3.05, 3.63) is 53.1 Å². The van der Waals surface area contributed by atoms with Crippen LogP contribution >= 0.6 is 0 Å². The molecule has 0 amide bonds. The van der Waals surface area contributed by atoms with Gasteiger partial charge in [-0.2, -0.15) is 0 Å². The molecule has 8 heteroatoms. The van der Waals surface area contributed by atoms with Crippen LogP contribution in [0.4, 0.5) is 5.82 Å². The molecule has 0 atom stereocenters. The van der Waals surface area contributed by atoms with Gasteiger partial charge in [-0.05, 0) is 31.3 Å². The first-order valence-electron chi connectivity index (χ1n) is 8.96. The molecule has 4 aromatic rings. The number of nitrogens with zero attached hydrogens (tertiary/aromatic N) is 6. The zero-order chi connectivity index (χ0) is 18.4. The van der Waals surface area contributed by atoms with Crippen LogP contribution in [-0.2, 0) is 0 Å². The van der Waals surface area contributed by atoms with Crippen molar-refractivity contribution in [2.75, 3.05) is 38.1 Å². The molecular weight excluding hydrogens is 342 g/mol. The summed E-state index contributed by atoms with van der Waals surface area (Å²) in [6, 6.07) is 9.42. The van der Waals surface area contributed by atoms with Crippen molar-refractivity contribution in [1.82, 2.24) is 29.6 Å². The molecule has 5 heterocycles. The van der Waals surface area contributed by atoms with Gasteiger partial charge in [0.15, 0.2) is 5.82 Å². The summed E-state index contributed by atoms with van der Waals surface area (Å²) in [6.07, 6.45) is 3.26. The smallest absolute Gasteiger partial charge is 0.282 e. The molecule has 0 unspecified atom stereocenters. The molecule has 1 fully saturated rings. The van der Waals surface area contributed by atoms with E-state index >= 15 is 0 Å². The number of H-pyrrole nitrogens is 1. The predicted octanol–water partition coefficient (Wildman–Crippen LogP) is 1.41. The molecule has 27 heavy (non-hydrogen) atoms. The van der Waals surface area contributed by atoms with Gasteiger partial charge in [-0.15, -0.1) is 0 Å². The number of hydrogen-bond donors (Lipinski definition) is 1. The number of aromatic amines is 1. The molecule has 1 saturated heterocycles. The van der Waals surface area contributed by atoms with Gasteiger partial charge >= 0.3 is 0 Å². The lowest BCUT2D eigenvalue weighted by Crippen LogP contribution is -2.44. The van der Waals surface area contributed by atoms with Crippen molar-refractivity contribution in [3.8, 4) is 5.82 Å². The average molecular weight is 361 g/mol. The number of nitrogens with one attached hydrogen (secondary N) is 1. The minimum atomic E-state index is -0.176. The van der Waals surface area contributed by atoms with E-state index < -0.39 is 0 Å². The third-order valence-corrected chi connectivity index (χ3v) is 5.06. The van der Waals surface area contributed by atoms with Gasteiger partial charge in [0.05, 0.1) is 16.4 Å². The second-order valence-corrected chi connectivity index (χ2v) is 6.81.